The molecule has 0 spiro atoms. The number of hydrogen-bond donors (Lipinski definition) is 0. The van der Waals surface area contributed by atoms with Gasteiger partial charge in [0.15, 0.2) is 17.4 Å². The van der Waals surface area contributed by atoms with Crippen LogP contribution in [-0.4, -0.2) is 5.78 Å². The van der Waals surface area contributed by atoms with Crippen LogP contribution in [-0.2, 0) is 6.42 Å². The Bertz CT molecular complexity index is 637. The molecular weight excluding hydrogens is 260 g/mol. The highest BCUT2D eigenvalue weighted by atomic mass is 19.2. The lowest BCUT2D eigenvalue weighted by atomic mass is 10.0. The van der Waals surface area contributed by atoms with E-state index in [1.54, 1.807) is 0 Å². The smallest absolute Gasteiger partial charge is 0.170 e. The van der Waals surface area contributed by atoms with Gasteiger partial charge >= 0.3 is 0 Å². The fourth-order valence-corrected chi connectivity index (χ4v) is 1.67. The largest absolute Gasteiger partial charge is 0.294 e. The van der Waals surface area contributed by atoms with Gasteiger partial charge in [0.05, 0.1) is 5.56 Å². The van der Waals surface area contributed by atoms with Crippen LogP contribution >= 0.6 is 0 Å². The summed E-state index contributed by atoms with van der Waals surface area (Å²) in [5.74, 6) is -4.74. The Labute approximate surface area is 106 Å². The van der Waals surface area contributed by atoms with Crippen LogP contribution in [0.4, 0.5) is 17.6 Å². The van der Waals surface area contributed by atoms with Crippen molar-refractivity contribution in [2.45, 2.75) is 6.42 Å². The van der Waals surface area contributed by atoms with Crippen molar-refractivity contribution in [3.8, 4) is 0 Å². The number of Topliss-reactive ketones (excluding diaryl/α,β-unsaturated/α-hetero) is 1. The first kappa shape index (κ1) is 13.3. The maximum absolute atomic E-state index is 13.4. The van der Waals surface area contributed by atoms with E-state index in [0.29, 0.717) is 0 Å². The third-order valence-corrected chi connectivity index (χ3v) is 2.61. The normalized spacial score (nSPS) is 10.5. The molecule has 0 aliphatic heterocycles. The summed E-state index contributed by atoms with van der Waals surface area (Å²) >= 11 is 0. The van der Waals surface area contributed by atoms with Crippen LogP contribution in [0.5, 0.6) is 0 Å². The van der Waals surface area contributed by atoms with E-state index in [1.165, 1.54) is 6.07 Å². The van der Waals surface area contributed by atoms with E-state index in [0.717, 1.165) is 30.3 Å². The number of hydrogen-bond acceptors (Lipinski definition) is 1. The third kappa shape index (κ3) is 2.81. The van der Waals surface area contributed by atoms with Crippen molar-refractivity contribution in [1.29, 1.82) is 0 Å². The molecule has 0 aromatic heterocycles. The maximum atomic E-state index is 13.4. The monoisotopic (exact) mass is 268 g/mol. The Morgan fingerprint density at radius 2 is 1.68 bits per heavy atom. The van der Waals surface area contributed by atoms with E-state index >= 15 is 0 Å². The van der Waals surface area contributed by atoms with Gasteiger partial charge in [0.2, 0.25) is 0 Å². The molecule has 0 aliphatic carbocycles. The average molecular weight is 268 g/mol. The number of ketones is 1. The lowest BCUT2D eigenvalue weighted by Gasteiger charge is -2.05. The first-order valence-electron chi connectivity index (χ1n) is 5.40. The first-order valence-corrected chi connectivity index (χ1v) is 5.40. The molecule has 0 saturated carbocycles. The van der Waals surface area contributed by atoms with Gasteiger partial charge < -0.3 is 0 Å². The van der Waals surface area contributed by atoms with Crippen LogP contribution in [0.15, 0.2) is 36.4 Å². The second-order valence-corrected chi connectivity index (χ2v) is 3.94. The van der Waals surface area contributed by atoms with E-state index in [1.807, 2.05) is 0 Å². The summed E-state index contributed by atoms with van der Waals surface area (Å²) in [6, 6.07) is 5.77. The molecule has 0 bridgehead atoms. The van der Waals surface area contributed by atoms with Crippen molar-refractivity contribution >= 4 is 5.78 Å². The SMILES string of the molecule is O=C(Cc1cc(F)ccc1F)c1cccc(F)c1F. The Morgan fingerprint density at radius 3 is 2.42 bits per heavy atom. The minimum atomic E-state index is -1.29. The molecule has 19 heavy (non-hydrogen) atoms. The Morgan fingerprint density at radius 1 is 0.947 bits per heavy atom. The summed E-state index contributed by atoms with van der Waals surface area (Å²) in [6.07, 6.45) is -0.538. The summed E-state index contributed by atoms with van der Waals surface area (Å²) in [4.78, 5) is 11.8. The molecule has 0 radical (unpaired) electrons. The molecular formula is C14H8F4O. The number of halogens is 4. The topological polar surface area (TPSA) is 17.1 Å². The number of carbonyl (C=O) groups excluding carboxylic acids is 1. The van der Waals surface area contributed by atoms with Gasteiger partial charge in [-0.05, 0) is 35.9 Å². The van der Waals surface area contributed by atoms with Crippen molar-refractivity contribution in [3.05, 3.63) is 70.8 Å². The predicted octanol–water partition coefficient (Wildman–Crippen LogP) is 3.67. The Hall–Kier alpha value is -2.17. The molecule has 0 saturated heterocycles. The number of benzene rings is 2. The van der Waals surface area contributed by atoms with Crippen LogP contribution in [0.25, 0.3) is 0 Å². The van der Waals surface area contributed by atoms with E-state index < -0.39 is 41.0 Å². The summed E-state index contributed by atoms with van der Waals surface area (Å²) in [5.41, 5.74) is -0.683. The molecule has 98 valence electrons. The maximum Gasteiger partial charge on any atom is 0.170 e. The van der Waals surface area contributed by atoms with Gasteiger partial charge in [0, 0.05) is 6.42 Å². The molecule has 0 amide bonds. The zero-order chi connectivity index (χ0) is 14.0. The third-order valence-electron chi connectivity index (χ3n) is 2.61. The van der Waals surface area contributed by atoms with Gasteiger partial charge in [-0.1, -0.05) is 6.07 Å². The van der Waals surface area contributed by atoms with Crippen LogP contribution in [0.1, 0.15) is 15.9 Å². The molecule has 5 heteroatoms. The van der Waals surface area contributed by atoms with Crippen molar-refractivity contribution in [2.75, 3.05) is 0 Å². The van der Waals surface area contributed by atoms with Crippen LogP contribution in [0, 0.1) is 23.3 Å². The quantitative estimate of drug-likeness (QED) is 0.613. The van der Waals surface area contributed by atoms with Crippen molar-refractivity contribution in [2.24, 2.45) is 0 Å². The summed E-state index contributed by atoms with van der Waals surface area (Å²) in [6.45, 7) is 0. The lowest BCUT2D eigenvalue weighted by molar-refractivity contribution is 0.0987. The first-order chi connectivity index (χ1) is 8.99. The van der Waals surface area contributed by atoms with Gasteiger partial charge in [-0.2, -0.15) is 0 Å². The molecule has 0 aliphatic rings. The Balaban J connectivity index is 2.31. The molecule has 0 heterocycles. The minimum Gasteiger partial charge on any atom is -0.294 e. The molecule has 2 aromatic carbocycles. The van der Waals surface area contributed by atoms with E-state index in [-0.39, 0.29) is 5.56 Å². The fraction of sp³-hybridized carbons (Fsp3) is 0.0714. The molecule has 0 atom stereocenters. The predicted molar refractivity (Wildman–Crippen MR) is 60.8 cm³/mol. The van der Waals surface area contributed by atoms with Crippen molar-refractivity contribution in [1.82, 2.24) is 0 Å². The highest BCUT2D eigenvalue weighted by Gasteiger charge is 2.17. The minimum absolute atomic E-state index is 0.200. The van der Waals surface area contributed by atoms with Gasteiger partial charge in [-0.3, -0.25) is 4.79 Å². The summed E-state index contributed by atoms with van der Waals surface area (Å²) in [5, 5.41) is 0. The highest BCUT2D eigenvalue weighted by Crippen LogP contribution is 2.16. The fourth-order valence-electron chi connectivity index (χ4n) is 1.67. The van der Waals surface area contributed by atoms with Gasteiger partial charge in [0.1, 0.15) is 11.6 Å². The molecule has 0 unspecified atom stereocenters. The van der Waals surface area contributed by atoms with Gasteiger partial charge in [-0.15, -0.1) is 0 Å². The van der Waals surface area contributed by atoms with Gasteiger partial charge in [-0.25, -0.2) is 17.6 Å². The molecule has 0 N–H and O–H groups in total. The van der Waals surface area contributed by atoms with Crippen molar-refractivity contribution < 1.29 is 22.4 Å². The molecule has 2 rings (SSSR count). The zero-order valence-electron chi connectivity index (χ0n) is 9.59. The second-order valence-electron chi connectivity index (χ2n) is 3.94. The van der Waals surface area contributed by atoms with E-state index in [2.05, 4.69) is 0 Å². The van der Waals surface area contributed by atoms with Crippen molar-refractivity contribution in [3.63, 3.8) is 0 Å². The summed E-state index contributed by atoms with van der Waals surface area (Å²) in [7, 11) is 0. The van der Waals surface area contributed by atoms with Gasteiger partial charge in [0.25, 0.3) is 0 Å². The van der Waals surface area contributed by atoms with Crippen LogP contribution < -0.4 is 0 Å². The standard InChI is InChI=1S/C14H8F4O/c15-9-4-5-11(16)8(6-9)7-13(19)10-2-1-3-12(17)14(10)18/h1-6H,7H2. The van der Waals surface area contributed by atoms with E-state index in [4.69, 9.17) is 0 Å². The van der Waals surface area contributed by atoms with Crippen LogP contribution in [0.2, 0.25) is 0 Å². The molecule has 2 aromatic rings. The number of rotatable bonds is 3. The highest BCUT2D eigenvalue weighted by molar-refractivity contribution is 5.97. The summed E-state index contributed by atoms with van der Waals surface area (Å²) < 4.78 is 52.6. The van der Waals surface area contributed by atoms with E-state index in [9.17, 15) is 22.4 Å². The lowest BCUT2D eigenvalue weighted by Crippen LogP contribution is -2.09. The van der Waals surface area contributed by atoms with Crippen LogP contribution in [0.3, 0.4) is 0 Å². The Kier molecular flexibility index (Phi) is 3.64. The molecule has 1 nitrogen and oxygen atoms in total. The number of carbonyl (C=O) groups is 1. The second kappa shape index (κ2) is 5.22. The average Bonchev–Trinajstić information content (AvgIpc) is 2.37. The molecule has 0 fully saturated rings. The zero-order valence-corrected chi connectivity index (χ0v) is 9.59.